The molecule has 154 valence electrons. The summed E-state index contributed by atoms with van der Waals surface area (Å²) in [6.45, 7) is 4.54. The zero-order valence-electron chi connectivity index (χ0n) is 17.3. The summed E-state index contributed by atoms with van der Waals surface area (Å²) in [6.07, 6.45) is 3.80. The van der Waals surface area contributed by atoms with Crippen molar-refractivity contribution < 1.29 is 19.4 Å². The van der Waals surface area contributed by atoms with Gasteiger partial charge in [0.15, 0.2) is 0 Å². The number of carbonyl (C=O) groups is 1. The molecule has 3 aromatic rings. The van der Waals surface area contributed by atoms with Crippen LogP contribution in [0.4, 0.5) is 0 Å². The molecular weight excluding hydrogens is 380 g/mol. The van der Waals surface area contributed by atoms with Gasteiger partial charge in [0.1, 0.15) is 12.4 Å². The minimum Gasteiger partial charge on any atom is -0.497 e. The maximum atomic E-state index is 11.0. The van der Waals surface area contributed by atoms with E-state index in [1.807, 2.05) is 24.3 Å². The van der Waals surface area contributed by atoms with Gasteiger partial charge in [-0.1, -0.05) is 18.2 Å². The van der Waals surface area contributed by atoms with Gasteiger partial charge in [0.2, 0.25) is 5.88 Å². The SMILES string of the molecule is COc1cc(C)c(-c2cccc(COc3cnc([C@H]4C[C@@H]4C(=O)O)cn3)c2)c(C)c1. The summed E-state index contributed by atoms with van der Waals surface area (Å²) >= 11 is 0. The Hall–Kier alpha value is -3.41. The Kier molecular flexibility index (Phi) is 5.40. The van der Waals surface area contributed by atoms with E-state index >= 15 is 0 Å². The first kappa shape index (κ1) is 19.9. The van der Waals surface area contributed by atoms with E-state index < -0.39 is 5.97 Å². The molecule has 6 nitrogen and oxygen atoms in total. The molecular formula is C24H24N2O4. The van der Waals surface area contributed by atoms with Crippen LogP contribution in [0.3, 0.4) is 0 Å². The standard InChI is InChI=1S/C24H24N2O4/c1-14-7-18(29-3)8-15(2)23(14)17-6-4-5-16(9-17)13-30-22-12-25-21(11-26-22)19-10-20(19)24(27)28/h4-9,11-12,19-20H,10,13H2,1-3H3,(H,27,28)/t19-,20-/m0/s1. The molecule has 0 amide bonds. The number of aliphatic carboxylic acids is 1. The second-order valence-electron chi connectivity index (χ2n) is 7.69. The molecule has 1 heterocycles. The monoisotopic (exact) mass is 404 g/mol. The van der Waals surface area contributed by atoms with Crippen LogP contribution in [0.15, 0.2) is 48.8 Å². The van der Waals surface area contributed by atoms with Crippen molar-refractivity contribution in [2.45, 2.75) is 32.8 Å². The molecule has 0 saturated heterocycles. The number of carboxylic acids is 1. The Morgan fingerprint density at radius 1 is 1.13 bits per heavy atom. The minimum atomic E-state index is -0.774. The lowest BCUT2D eigenvalue weighted by Crippen LogP contribution is -2.02. The molecule has 0 aliphatic heterocycles. The highest BCUT2D eigenvalue weighted by Gasteiger charge is 2.45. The van der Waals surface area contributed by atoms with Crippen LogP contribution in [0.2, 0.25) is 0 Å². The number of methoxy groups -OCH3 is 1. The molecule has 1 aliphatic rings. The molecule has 2 atom stereocenters. The van der Waals surface area contributed by atoms with Crippen LogP contribution in [-0.2, 0) is 11.4 Å². The first-order valence-electron chi connectivity index (χ1n) is 9.88. The van der Waals surface area contributed by atoms with E-state index in [0.717, 1.165) is 28.0 Å². The van der Waals surface area contributed by atoms with Gasteiger partial charge in [-0.25, -0.2) is 4.98 Å². The average Bonchev–Trinajstić information content (AvgIpc) is 3.54. The van der Waals surface area contributed by atoms with Crippen LogP contribution in [0.25, 0.3) is 11.1 Å². The highest BCUT2D eigenvalue weighted by molar-refractivity contribution is 5.75. The fourth-order valence-corrected chi connectivity index (χ4v) is 3.86. The number of carboxylic acid groups (broad SMARTS) is 1. The van der Waals surface area contributed by atoms with E-state index in [4.69, 9.17) is 14.6 Å². The minimum absolute atomic E-state index is 0.0308. The van der Waals surface area contributed by atoms with Crippen molar-refractivity contribution in [3.8, 4) is 22.8 Å². The quantitative estimate of drug-likeness (QED) is 0.623. The third-order valence-electron chi connectivity index (χ3n) is 5.48. The maximum Gasteiger partial charge on any atom is 0.307 e. The predicted octanol–water partition coefficient (Wildman–Crippen LogP) is 4.54. The lowest BCUT2D eigenvalue weighted by molar-refractivity contribution is -0.138. The zero-order valence-corrected chi connectivity index (χ0v) is 17.3. The summed E-state index contributed by atoms with van der Waals surface area (Å²) in [6, 6.07) is 12.3. The smallest absolute Gasteiger partial charge is 0.307 e. The van der Waals surface area contributed by atoms with Crippen LogP contribution in [0.1, 0.15) is 34.7 Å². The van der Waals surface area contributed by atoms with E-state index in [-0.39, 0.29) is 11.8 Å². The van der Waals surface area contributed by atoms with Crippen LogP contribution in [0.5, 0.6) is 11.6 Å². The van der Waals surface area contributed by atoms with Crippen molar-refractivity contribution in [3.05, 3.63) is 71.2 Å². The third kappa shape index (κ3) is 4.13. The molecule has 1 fully saturated rings. The van der Waals surface area contributed by atoms with Crippen molar-refractivity contribution in [1.82, 2.24) is 9.97 Å². The second kappa shape index (κ2) is 8.14. The predicted molar refractivity (Wildman–Crippen MR) is 113 cm³/mol. The van der Waals surface area contributed by atoms with Crippen molar-refractivity contribution in [2.75, 3.05) is 7.11 Å². The number of hydrogen-bond acceptors (Lipinski definition) is 5. The van der Waals surface area contributed by atoms with Gasteiger partial charge in [0.25, 0.3) is 0 Å². The average molecular weight is 404 g/mol. The fourth-order valence-electron chi connectivity index (χ4n) is 3.86. The molecule has 0 bridgehead atoms. The van der Waals surface area contributed by atoms with Gasteiger partial charge < -0.3 is 14.6 Å². The summed E-state index contributed by atoms with van der Waals surface area (Å²) in [5.41, 5.74) is 6.38. The van der Waals surface area contributed by atoms with Crippen molar-refractivity contribution in [3.63, 3.8) is 0 Å². The van der Waals surface area contributed by atoms with Gasteiger partial charge in [-0.05, 0) is 66.3 Å². The van der Waals surface area contributed by atoms with Gasteiger partial charge in [-0.2, -0.15) is 0 Å². The lowest BCUT2D eigenvalue weighted by Gasteiger charge is -2.14. The molecule has 0 radical (unpaired) electrons. The Labute approximate surface area is 175 Å². The molecule has 0 spiro atoms. The second-order valence-corrected chi connectivity index (χ2v) is 7.69. The summed E-state index contributed by atoms with van der Waals surface area (Å²) in [4.78, 5) is 19.6. The van der Waals surface area contributed by atoms with Crippen molar-refractivity contribution in [1.29, 1.82) is 0 Å². The first-order valence-corrected chi connectivity index (χ1v) is 9.88. The number of rotatable bonds is 7. The summed E-state index contributed by atoms with van der Waals surface area (Å²) in [5, 5.41) is 9.04. The van der Waals surface area contributed by atoms with Crippen LogP contribution in [-0.4, -0.2) is 28.2 Å². The largest absolute Gasteiger partial charge is 0.497 e. The van der Waals surface area contributed by atoms with Crippen molar-refractivity contribution in [2.24, 2.45) is 5.92 Å². The zero-order chi connectivity index (χ0) is 21.3. The molecule has 1 saturated carbocycles. The van der Waals surface area contributed by atoms with E-state index in [1.54, 1.807) is 19.5 Å². The molecule has 1 aromatic heterocycles. The summed E-state index contributed by atoms with van der Waals surface area (Å²) in [5.74, 6) is 0.143. The number of benzene rings is 2. The summed E-state index contributed by atoms with van der Waals surface area (Å²) in [7, 11) is 1.68. The molecule has 0 unspecified atom stereocenters. The van der Waals surface area contributed by atoms with E-state index in [9.17, 15) is 4.79 Å². The Bertz CT molecular complexity index is 1060. The number of nitrogens with zero attached hydrogens (tertiary/aromatic N) is 2. The van der Waals surface area contributed by atoms with Gasteiger partial charge in [-0.3, -0.25) is 9.78 Å². The van der Waals surface area contributed by atoms with Gasteiger partial charge in [-0.15, -0.1) is 0 Å². The fraction of sp³-hybridized carbons (Fsp3) is 0.292. The van der Waals surface area contributed by atoms with Gasteiger partial charge in [0, 0.05) is 5.92 Å². The molecule has 4 rings (SSSR count). The highest BCUT2D eigenvalue weighted by atomic mass is 16.5. The number of hydrogen-bond donors (Lipinski definition) is 1. The van der Waals surface area contributed by atoms with E-state index in [0.29, 0.717) is 24.6 Å². The Morgan fingerprint density at radius 3 is 2.50 bits per heavy atom. The molecule has 6 heteroatoms. The van der Waals surface area contributed by atoms with Crippen LogP contribution >= 0.6 is 0 Å². The van der Waals surface area contributed by atoms with Crippen LogP contribution in [0, 0.1) is 19.8 Å². The number of ether oxygens (including phenoxy) is 2. The molecule has 2 aromatic carbocycles. The van der Waals surface area contributed by atoms with E-state index in [1.165, 1.54) is 5.56 Å². The van der Waals surface area contributed by atoms with Crippen molar-refractivity contribution >= 4 is 5.97 Å². The van der Waals surface area contributed by atoms with Crippen LogP contribution < -0.4 is 9.47 Å². The maximum absolute atomic E-state index is 11.0. The highest BCUT2D eigenvalue weighted by Crippen LogP contribution is 2.46. The van der Waals surface area contributed by atoms with Gasteiger partial charge >= 0.3 is 5.97 Å². The molecule has 1 aliphatic carbocycles. The van der Waals surface area contributed by atoms with Gasteiger partial charge in [0.05, 0.1) is 31.1 Å². The Balaban J connectivity index is 1.45. The lowest BCUT2D eigenvalue weighted by atomic mass is 9.94. The third-order valence-corrected chi connectivity index (χ3v) is 5.48. The van der Waals surface area contributed by atoms with E-state index in [2.05, 4.69) is 35.9 Å². The summed E-state index contributed by atoms with van der Waals surface area (Å²) < 4.78 is 11.2. The number of aromatic nitrogens is 2. The Morgan fingerprint density at radius 2 is 1.90 bits per heavy atom. The normalized spacial score (nSPS) is 17.4. The topological polar surface area (TPSA) is 81.5 Å². The first-order chi connectivity index (χ1) is 14.5. The number of aryl methyl sites for hydroxylation is 2. The molecule has 30 heavy (non-hydrogen) atoms. The molecule has 1 N–H and O–H groups in total.